The predicted octanol–water partition coefficient (Wildman–Crippen LogP) is 3.67. The van der Waals surface area contributed by atoms with Crippen molar-refractivity contribution in [2.45, 2.75) is 6.92 Å². The number of rotatable bonds is 6. The summed E-state index contributed by atoms with van der Waals surface area (Å²) in [7, 11) is 1.63. The van der Waals surface area contributed by atoms with Crippen LogP contribution >= 0.6 is 11.3 Å². The van der Waals surface area contributed by atoms with Crippen molar-refractivity contribution in [2.75, 3.05) is 50.1 Å². The van der Waals surface area contributed by atoms with Crippen molar-refractivity contribution >= 4 is 34.5 Å². The van der Waals surface area contributed by atoms with E-state index in [0.717, 1.165) is 42.6 Å². The maximum absolute atomic E-state index is 12.9. The molecule has 0 spiro atoms. The Kier molecular flexibility index (Phi) is 6.82. The molecule has 0 saturated carbocycles. The second-order valence-electron chi connectivity index (χ2n) is 7.66. The number of nitrogens with zero attached hydrogens (tertiary/aromatic N) is 3. The van der Waals surface area contributed by atoms with Gasteiger partial charge in [-0.1, -0.05) is 30.3 Å². The van der Waals surface area contributed by atoms with Crippen molar-refractivity contribution in [3.8, 4) is 10.6 Å². The van der Waals surface area contributed by atoms with Gasteiger partial charge in [0.1, 0.15) is 9.88 Å². The third-order valence-corrected chi connectivity index (χ3v) is 6.46. The molecular weight excluding hydrogens is 424 g/mol. The van der Waals surface area contributed by atoms with Crippen molar-refractivity contribution in [1.82, 2.24) is 9.88 Å². The van der Waals surface area contributed by atoms with E-state index in [1.807, 2.05) is 61.5 Å². The van der Waals surface area contributed by atoms with Gasteiger partial charge < -0.3 is 19.9 Å². The lowest BCUT2D eigenvalue weighted by Gasteiger charge is -2.28. The summed E-state index contributed by atoms with van der Waals surface area (Å²) in [6.07, 6.45) is 0. The molecular formula is C24H26N4O3S. The first-order valence-electron chi connectivity index (χ1n) is 10.5. The van der Waals surface area contributed by atoms with Crippen LogP contribution in [-0.2, 0) is 9.53 Å². The van der Waals surface area contributed by atoms with Gasteiger partial charge in [0.25, 0.3) is 5.91 Å². The van der Waals surface area contributed by atoms with E-state index in [4.69, 9.17) is 4.74 Å². The Labute approximate surface area is 191 Å². The Morgan fingerprint density at radius 2 is 1.78 bits per heavy atom. The lowest BCUT2D eigenvalue weighted by molar-refractivity contribution is -0.116. The maximum Gasteiger partial charge on any atom is 0.266 e. The van der Waals surface area contributed by atoms with Crippen molar-refractivity contribution in [3.63, 3.8) is 0 Å². The number of likely N-dealkylation sites (N-methyl/N-ethyl adjacent to an activating group) is 1. The van der Waals surface area contributed by atoms with Gasteiger partial charge in [-0.25, -0.2) is 4.98 Å². The number of amides is 2. The number of anilines is 2. The second-order valence-corrected chi connectivity index (χ2v) is 8.65. The van der Waals surface area contributed by atoms with Gasteiger partial charge in [-0.15, -0.1) is 11.3 Å². The van der Waals surface area contributed by atoms with Crippen LogP contribution in [0.5, 0.6) is 0 Å². The van der Waals surface area contributed by atoms with Crippen LogP contribution in [0.15, 0.2) is 54.6 Å². The summed E-state index contributed by atoms with van der Waals surface area (Å²) in [6, 6.07) is 17.5. The number of aryl methyl sites for hydroxylation is 1. The molecule has 1 aliphatic rings. The van der Waals surface area contributed by atoms with Crippen molar-refractivity contribution in [3.05, 3.63) is 65.2 Å². The van der Waals surface area contributed by atoms with Gasteiger partial charge in [-0.05, 0) is 31.2 Å². The molecule has 0 aliphatic carbocycles. The molecule has 1 saturated heterocycles. The summed E-state index contributed by atoms with van der Waals surface area (Å²) in [5, 5.41) is 3.66. The molecule has 32 heavy (non-hydrogen) atoms. The van der Waals surface area contributed by atoms with Crippen molar-refractivity contribution in [1.29, 1.82) is 0 Å². The van der Waals surface area contributed by atoms with E-state index in [2.05, 4.69) is 15.2 Å². The molecule has 0 atom stereocenters. The van der Waals surface area contributed by atoms with Crippen LogP contribution in [0.4, 0.5) is 11.4 Å². The number of benzene rings is 2. The molecule has 1 aliphatic heterocycles. The van der Waals surface area contributed by atoms with Gasteiger partial charge in [-0.2, -0.15) is 0 Å². The molecule has 0 bridgehead atoms. The number of nitrogens with one attached hydrogen (secondary N) is 1. The Balaban J connectivity index is 1.35. The summed E-state index contributed by atoms with van der Waals surface area (Å²) < 4.78 is 5.38. The topological polar surface area (TPSA) is 74.8 Å². The number of ether oxygens (including phenoxy) is 1. The fourth-order valence-corrected chi connectivity index (χ4v) is 4.60. The van der Waals surface area contributed by atoms with Crippen LogP contribution in [-0.4, -0.2) is 61.6 Å². The number of hydrogen-bond donors (Lipinski definition) is 1. The van der Waals surface area contributed by atoms with Crippen LogP contribution in [0.2, 0.25) is 0 Å². The average Bonchev–Trinajstić information content (AvgIpc) is 3.21. The van der Waals surface area contributed by atoms with E-state index in [1.165, 1.54) is 16.2 Å². The molecule has 1 N–H and O–H groups in total. The van der Waals surface area contributed by atoms with Crippen LogP contribution < -0.4 is 10.2 Å². The average molecular weight is 451 g/mol. The fraction of sp³-hybridized carbons (Fsp3) is 0.292. The summed E-state index contributed by atoms with van der Waals surface area (Å²) >= 11 is 1.35. The van der Waals surface area contributed by atoms with Gasteiger partial charge in [0, 0.05) is 37.1 Å². The fourth-order valence-electron chi connectivity index (χ4n) is 3.54. The molecule has 8 heteroatoms. The van der Waals surface area contributed by atoms with E-state index in [0.29, 0.717) is 16.3 Å². The van der Waals surface area contributed by atoms with Crippen LogP contribution in [0.25, 0.3) is 10.6 Å². The standard InChI is InChI=1S/C24H26N4O3S/c1-17-22(32-23(25-17)18-6-4-3-5-7-18)24(30)27(2)16-21(29)26-19-8-10-20(11-9-19)28-12-14-31-15-13-28/h3-11H,12-16H2,1-2H3,(H,26,29). The molecule has 7 nitrogen and oxygen atoms in total. The molecule has 2 heterocycles. The lowest BCUT2D eigenvalue weighted by Crippen LogP contribution is -2.36. The third-order valence-electron chi connectivity index (χ3n) is 5.27. The molecule has 0 radical (unpaired) electrons. The summed E-state index contributed by atoms with van der Waals surface area (Å²) in [5.41, 5.74) is 3.45. The van der Waals surface area contributed by atoms with Crippen LogP contribution in [0.3, 0.4) is 0 Å². The number of hydrogen-bond acceptors (Lipinski definition) is 6. The first-order valence-corrected chi connectivity index (χ1v) is 11.3. The highest BCUT2D eigenvalue weighted by atomic mass is 32.1. The Morgan fingerprint density at radius 3 is 2.47 bits per heavy atom. The maximum atomic E-state index is 12.9. The molecule has 3 aromatic rings. The number of thiazole rings is 1. The molecule has 4 rings (SSSR count). The van der Waals surface area contributed by atoms with Gasteiger partial charge >= 0.3 is 0 Å². The zero-order valence-electron chi connectivity index (χ0n) is 18.2. The lowest BCUT2D eigenvalue weighted by atomic mass is 10.2. The Bertz CT molecular complexity index is 1080. The first-order chi connectivity index (χ1) is 15.5. The van der Waals surface area contributed by atoms with E-state index >= 15 is 0 Å². The highest BCUT2D eigenvalue weighted by Gasteiger charge is 2.21. The Hall–Kier alpha value is -3.23. The normalized spacial score (nSPS) is 13.6. The zero-order valence-corrected chi connectivity index (χ0v) is 19.0. The van der Waals surface area contributed by atoms with Crippen LogP contribution in [0.1, 0.15) is 15.4 Å². The van der Waals surface area contributed by atoms with Crippen molar-refractivity contribution in [2.24, 2.45) is 0 Å². The minimum absolute atomic E-state index is 0.0396. The van der Waals surface area contributed by atoms with Gasteiger partial charge in [-0.3, -0.25) is 9.59 Å². The van der Waals surface area contributed by atoms with E-state index in [9.17, 15) is 9.59 Å². The van der Waals surface area contributed by atoms with Gasteiger partial charge in [0.15, 0.2) is 0 Å². The first kappa shape index (κ1) is 22.0. The molecule has 2 aromatic carbocycles. The molecule has 166 valence electrons. The minimum Gasteiger partial charge on any atom is -0.378 e. The van der Waals surface area contributed by atoms with Gasteiger partial charge in [0.05, 0.1) is 25.5 Å². The molecule has 0 unspecified atom stereocenters. The zero-order chi connectivity index (χ0) is 22.5. The van der Waals surface area contributed by atoms with E-state index in [1.54, 1.807) is 7.05 Å². The highest BCUT2D eigenvalue weighted by molar-refractivity contribution is 7.17. The van der Waals surface area contributed by atoms with E-state index < -0.39 is 0 Å². The number of carbonyl (C=O) groups is 2. The highest BCUT2D eigenvalue weighted by Crippen LogP contribution is 2.28. The second kappa shape index (κ2) is 9.93. The smallest absolute Gasteiger partial charge is 0.266 e. The minimum atomic E-state index is -0.245. The number of aromatic nitrogens is 1. The SMILES string of the molecule is Cc1nc(-c2ccccc2)sc1C(=O)N(C)CC(=O)Nc1ccc(N2CCOCC2)cc1. The van der Waals surface area contributed by atoms with E-state index in [-0.39, 0.29) is 18.4 Å². The Morgan fingerprint density at radius 1 is 1.09 bits per heavy atom. The number of morpholine rings is 1. The molecule has 1 aromatic heterocycles. The number of carbonyl (C=O) groups excluding carboxylic acids is 2. The quantitative estimate of drug-likeness (QED) is 0.620. The largest absolute Gasteiger partial charge is 0.378 e. The van der Waals surface area contributed by atoms with Gasteiger partial charge in [0.2, 0.25) is 5.91 Å². The summed E-state index contributed by atoms with van der Waals surface area (Å²) in [6.45, 7) is 4.96. The third kappa shape index (κ3) is 5.15. The predicted molar refractivity (Wildman–Crippen MR) is 127 cm³/mol. The van der Waals surface area contributed by atoms with Crippen molar-refractivity contribution < 1.29 is 14.3 Å². The molecule has 2 amide bonds. The van der Waals surface area contributed by atoms with Crippen LogP contribution in [0, 0.1) is 6.92 Å². The summed E-state index contributed by atoms with van der Waals surface area (Å²) in [5.74, 6) is -0.453. The summed E-state index contributed by atoms with van der Waals surface area (Å²) in [4.78, 5) is 34.2. The monoisotopic (exact) mass is 450 g/mol. The molecule has 1 fully saturated rings.